The largest absolute Gasteiger partial charge is 0.457 e. The van der Waals surface area contributed by atoms with E-state index in [2.05, 4.69) is 15.0 Å². The molecule has 41 heavy (non-hydrogen) atoms. The number of guanidine groups is 1. The highest BCUT2D eigenvalue weighted by Crippen LogP contribution is 2.38. The third-order valence-corrected chi connectivity index (χ3v) is 7.37. The molecule has 0 N–H and O–H groups in total. The van der Waals surface area contributed by atoms with Gasteiger partial charge < -0.3 is 14.4 Å². The highest BCUT2D eigenvalue weighted by Gasteiger charge is 2.40. The van der Waals surface area contributed by atoms with E-state index in [9.17, 15) is 13.2 Å². The first-order chi connectivity index (χ1) is 19.7. The minimum Gasteiger partial charge on any atom is -0.457 e. The second-order valence-electron chi connectivity index (χ2n) is 9.99. The van der Waals surface area contributed by atoms with E-state index in [1.54, 1.807) is 42.5 Å². The van der Waals surface area contributed by atoms with E-state index in [-0.39, 0.29) is 6.10 Å². The van der Waals surface area contributed by atoms with Crippen LogP contribution >= 0.6 is 11.6 Å². The number of rotatable bonds is 7. The molecule has 2 fully saturated rings. The lowest BCUT2D eigenvalue weighted by Crippen LogP contribution is -2.45. The first-order valence-corrected chi connectivity index (χ1v) is 13.6. The molecule has 7 nitrogen and oxygen atoms in total. The summed E-state index contributed by atoms with van der Waals surface area (Å²) in [5.74, 6) is 1.59. The van der Waals surface area contributed by atoms with E-state index in [4.69, 9.17) is 27.6 Å². The quantitative estimate of drug-likeness (QED) is 0.223. The minimum atomic E-state index is -4.47. The molecule has 0 amide bonds. The van der Waals surface area contributed by atoms with E-state index >= 15 is 0 Å². The molecule has 0 aromatic heterocycles. The number of benzene rings is 3. The van der Waals surface area contributed by atoms with Crippen LogP contribution in [0.5, 0.6) is 11.5 Å². The normalized spacial score (nSPS) is 20.8. The van der Waals surface area contributed by atoms with Crippen LogP contribution in [0.1, 0.15) is 24.1 Å². The van der Waals surface area contributed by atoms with Gasteiger partial charge in [-0.25, -0.2) is 0 Å². The molecule has 3 aromatic rings. The first kappa shape index (κ1) is 28.7. The van der Waals surface area contributed by atoms with Crippen molar-refractivity contribution in [2.45, 2.75) is 25.2 Å². The Kier molecular flexibility index (Phi) is 8.68. The molecular weight excluding hydrogens is 555 g/mol. The summed E-state index contributed by atoms with van der Waals surface area (Å²) in [6, 6.07) is 19.0. The Labute approximate surface area is 242 Å². The van der Waals surface area contributed by atoms with Crippen LogP contribution in [0.2, 0.25) is 5.02 Å². The molecule has 0 bridgehead atoms. The standard InChI is InChI=1S/C30H29ClF3N5O2/c1-21-19-37(16-17-40-21)14-15-38-20-28(22-4-3-5-23(18-22)30(32,33)34)39(29(38)36-35-2)25-8-12-27(13-9-25)41-26-10-6-24(31)7-11-26/h3-13,18,21,28H,14-17,19-20H2,1H3/b36-29+/t21-,28?/m0/s1. The van der Waals surface area contributed by atoms with Crippen LogP contribution in [-0.4, -0.2) is 61.2 Å². The first-order valence-electron chi connectivity index (χ1n) is 13.2. The Morgan fingerprint density at radius 3 is 2.39 bits per heavy atom. The SMILES string of the molecule is [C-]#[N+]/N=C1\N(CCN2CCO[C@@H](C)C2)CC(c2cccc(C(F)(F)F)c2)N1c1ccc(Oc2ccc(Cl)cc2)cc1. The zero-order chi connectivity index (χ0) is 29.0. The number of anilines is 1. The molecule has 0 radical (unpaired) electrons. The predicted octanol–water partition coefficient (Wildman–Crippen LogP) is 6.93. The van der Waals surface area contributed by atoms with Crippen LogP contribution in [0.4, 0.5) is 18.9 Å². The highest BCUT2D eigenvalue weighted by molar-refractivity contribution is 6.30. The van der Waals surface area contributed by atoms with Gasteiger partial charge in [-0.3, -0.25) is 9.80 Å². The molecule has 0 aliphatic carbocycles. The fraction of sp³-hybridized carbons (Fsp3) is 0.333. The Bertz CT molecular complexity index is 1410. The molecule has 0 saturated carbocycles. The van der Waals surface area contributed by atoms with E-state index in [0.717, 1.165) is 19.2 Å². The number of hydrogen-bond donors (Lipinski definition) is 0. The Balaban J connectivity index is 1.45. The van der Waals surface area contributed by atoms with Crippen molar-refractivity contribution in [1.82, 2.24) is 9.80 Å². The zero-order valence-corrected chi connectivity index (χ0v) is 23.1. The van der Waals surface area contributed by atoms with Crippen molar-refractivity contribution in [3.8, 4) is 11.5 Å². The van der Waals surface area contributed by atoms with Gasteiger partial charge in [0.05, 0.1) is 24.3 Å². The molecule has 5 rings (SSSR count). The third-order valence-electron chi connectivity index (χ3n) is 7.12. The maximum atomic E-state index is 13.6. The molecule has 2 saturated heterocycles. The smallest absolute Gasteiger partial charge is 0.416 e. The number of nitrogens with zero attached hydrogens (tertiary/aromatic N) is 5. The molecule has 0 spiro atoms. The zero-order valence-electron chi connectivity index (χ0n) is 22.4. The van der Waals surface area contributed by atoms with Crippen molar-refractivity contribution in [2.75, 3.05) is 44.2 Å². The van der Waals surface area contributed by atoms with Gasteiger partial charge in [0.2, 0.25) is 0 Å². The van der Waals surface area contributed by atoms with Crippen LogP contribution in [-0.2, 0) is 10.9 Å². The topological polar surface area (TPSA) is 44.9 Å². The second kappa shape index (κ2) is 12.4. The van der Waals surface area contributed by atoms with Crippen LogP contribution < -0.4 is 9.64 Å². The predicted molar refractivity (Wildman–Crippen MR) is 152 cm³/mol. The number of ether oxygens (including phenoxy) is 2. The number of morpholine rings is 1. The molecular formula is C30H29ClF3N5O2. The van der Waals surface area contributed by atoms with Gasteiger partial charge >= 0.3 is 6.18 Å². The fourth-order valence-corrected chi connectivity index (χ4v) is 5.28. The molecule has 2 heterocycles. The van der Waals surface area contributed by atoms with E-state index < -0.39 is 17.8 Å². The van der Waals surface area contributed by atoms with E-state index in [0.29, 0.717) is 60.0 Å². The van der Waals surface area contributed by atoms with Gasteiger partial charge in [0.15, 0.2) is 0 Å². The molecule has 1 unspecified atom stereocenters. The van der Waals surface area contributed by atoms with Crippen molar-refractivity contribution in [1.29, 1.82) is 0 Å². The summed E-state index contributed by atoms with van der Waals surface area (Å²) < 4.78 is 52.4. The molecule has 214 valence electrons. The van der Waals surface area contributed by atoms with Crippen LogP contribution in [0.3, 0.4) is 0 Å². The van der Waals surface area contributed by atoms with Crippen LogP contribution in [0, 0.1) is 6.57 Å². The van der Waals surface area contributed by atoms with Crippen LogP contribution in [0.15, 0.2) is 77.9 Å². The van der Waals surface area contributed by atoms with Gasteiger partial charge in [-0.15, -0.1) is 4.95 Å². The summed E-state index contributed by atoms with van der Waals surface area (Å²) in [7, 11) is 0. The Morgan fingerprint density at radius 2 is 1.73 bits per heavy atom. The van der Waals surface area contributed by atoms with Gasteiger partial charge in [0, 0.05) is 43.4 Å². The van der Waals surface area contributed by atoms with E-state index in [1.807, 2.05) is 28.9 Å². The van der Waals surface area contributed by atoms with E-state index in [1.165, 1.54) is 12.1 Å². The lowest BCUT2D eigenvalue weighted by atomic mass is 10.0. The molecule has 2 aliphatic rings. The summed E-state index contributed by atoms with van der Waals surface area (Å²) in [6.07, 6.45) is -4.35. The van der Waals surface area contributed by atoms with Crippen molar-refractivity contribution >= 4 is 23.2 Å². The lowest BCUT2D eigenvalue weighted by molar-refractivity contribution is -0.137. The summed E-state index contributed by atoms with van der Waals surface area (Å²) in [4.78, 5) is 9.42. The van der Waals surface area contributed by atoms with Gasteiger partial charge in [0.1, 0.15) is 16.6 Å². The minimum absolute atomic E-state index is 0.127. The number of hydrogen-bond acceptors (Lipinski definition) is 4. The molecule has 2 atom stereocenters. The van der Waals surface area contributed by atoms with Crippen LogP contribution in [0.25, 0.3) is 4.95 Å². The van der Waals surface area contributed by atoms with Gasteiger partial charge in [0.25, 0.3) is 5.96 Å². The lowest BCUT2D eigenvalue weighted by Gasteiger charge is -2.32. The summed E-state index contributed by atoms with van der Waals surface area (Å²) in [5.41, 5.74) is 0.452. The average Bonchev–Trinajstić information content (AvgIpc) is 3.31. The molecule has 11 heteroatoms. The Hall–Kier alpha value is -3.78. The number of alkyl halides is 3. The van der Waals surface area contributed by atoms with Crippen molar-refractivity contribution in [3.63, 3.8) is 0 Å². The monoisotopic (exact) mass is 583 g/mol. The van der Waals surface area contributed by atoms with Gasteiger partial charge in [-0.1, -0.05) is 23.7 Å². The van der Waals surface area contributed by atoms with Crippen molar-refractivity contribution < 1.29 is 22.6 Å². The number of halogens is 4. The second-order valence-corrected chi connectivity index (χ2v) is 10.4. The van der Waals surface area contributed by atoms with Gasteiger partial charge in [-0.05, 0) is 73.2 Å². The fourth-order valence-electron chi connectivity index (χ4n) is 5.15. The van der Waals surface area contributed by atoms with Gasteiger partial charge in [-0.2, -0.15) is 19.7 Å². The highest BCUT2D eigenvalue weighted by atomic mass is 35.5. The Morgan fingerprint density at radius 1 is 1.02 bits per heavy atom. The maximum Gasteiger partial charge on any atom is 0.416 e. The van der Waals surface area contributed by atoms with Crippen molar-refractivity contribution in [2.24, 2.45) is 5.10 Å². The molecule has 3 aromatic carbocycles. The summed E-state index contributed by atoms with van der Waals surface area (Å²) in [5, 5.41) is 4.74. The summed E-state index contributed by atoms with van der Waals surface area (Å²) >= 11 is 5.96. The third kappa shape index (κ3) is 6.93. The van der Waals surface area contributed by atoms with Crippen molar-refractivity contribution in [3.05, 3.63) is 100 Å². The summed E-state index contributed by atoms with van der Waals surface area (Å²) in [6.45, 7) is 13.4. The average molecular weight is 584 g/mol. The molecule has 2 aliphatic heterocycles. The maximum absolute atomic E-state index is 13.6.